The van der Waals surface area contributed by atoms with Gasteiger partial charge in [-0.25, -0.2) is 4.98 Å². The number of carbonyl (C=O) groups is 2. The van der Waals surface area contributed by atoms with Gasteiger partial charge in [0, 0.05) is 37.5 Å². The fraction of sp³-hybridized carbons (Fsp3) is 0.667. The summed E-state index contributed by atoms with van der Waals surface area (Å²) < 4.78 is 0. The quantitative estimate of drug-likeness (QED) is 0.914. The third kappa shape index (κ3) is 3.09. The molecule has 1 atom stereocenters. The first-order valence-electron chi connectivity index (χ1n) is 7.73. The van der Waals surface area contributed by atoms with Gasteiger partial charge in [0.15, 0.2) is 5.13 Å². The Morgan fingerprint density at radius 2 is 1.91 bits per heavy atom. The number of hydrogen-bond acceptors (Lipinski definition) is 5. The molecule has 1 aromatic heterocycles. The molecule has 3 rings (SSSR count). The van der Waals surface area contributed by atoms with Gasteiger partial charge in [-0.1, -0.05) is 0 Å². The second kappa shape index (κ2) is 6.24. The molecule has 0 bridgehead atoms. The molecule has 6 nitrogen and oxygen atoms in total. The van der Waals surface area contributed by atoms with Gasteiger partial charge >= 0.3 is 5.97 Å². The van der Waals surface area contributed by atoms with Gasteiger partial charge in [0.2, 0.25) is 5.91 Å². The van der Waals surface area contributed by atoms with Crippen molar-refractivity contribution in [2.75, 3.05) is 31.1 Å². The minimum atomic E-state index is -0.788. The van der Waals surface area contributed by atoms with E-state index in [1.54, 1.807) is 16.2 Å². The highest BCUT2D eigenvalue weighted by Gasteiger charge is 2.35. The van der Waals surface area contributed by atoms with Crippen LogP contribution in [0.15, 0.2) is 5.38 Å². The number of hydrogen-bond donors (Lipinski definition) is 1. The first-order chi connectivity index (χ1) is 10.5. The molecule has 2 aliphatic rings. The lowest BCUT2D eigenvalue weighted by molar-refractivity contribution is -0.141. The first-order valence-corrected chi connectivity index (χ1v) is 8.61. The molecular weight excluding hydrogens is 302 g/mol. The lowest BCUT2D eigenvalue weighted by Crippen LogP contribution is -2.42. The summed E-state index contributed by atoms with van der Waals surface area (Å²) in [5.41, 5.74) is 1.04. The Labute approximate surface area is 133 Å². The smallest absolute Gasteiger partial charge is 0.308 e. The van der Waals surface area contributed by atoms with Crippen molar-refractivity contribution >= 4 is 28.3 Å². The van der Waals surface area contributed by atoms with Gasteiger partial charge in [0.1, 0.15) is 0 Å². The van der Waals surface area contributed by atoms with Crippen LogP contribution >= 0.6 is 11.3 Å². The fourth-order valence-corrected chi connectivity index (χ4v) is 4.08. The molecule has 0 spiro atoms. The highest BCUT2D eigenvalue weighted by molar-refractivity contribution is 7.13. The summed E-state index contributed by atoms with van der Waals surface area (Å²) in [6.45, 7) is 4.64. The highest BCUT2D eigenvalue weighted by Crippen LogP contribution is 2.28. The minimum absolute atomic E-state index is 0.0323. The lowest BCUT2D eigenvalue weighted by atomic mass is 9.95. The summed E-state index contributed by atoms with van der Waals surface area (Å²) in [5, 5.41) is 12.1. The maximum atomic E-state index is 12.5. The molecule has 1 amide bonds. The number of rotatable bonds is 3. The molecule has 22 heavy (non-hydrogen) atoms. The van der Waals surface area contributed by atoms with Crippen LogP contribution in [0.1, 0.15) is 25.0 Å². The van der Waals surface area contributed by atoms with Crippen LogP contribution in [-0.2, 0) is 9.59 Å². The van der Waals surface area contributed by atoms with Gasteiger partial charge < -0.3 is 14.9 Å². The number of nitrogens with zero attached hydrogens (tertiary/aromatic N) is 3. The molecule has 7 heteroatoms. The van der Waals surface area contributed by atoms with Gasteiger partial charge in [0.05, 0.1) is 11.6 Å². The highest BCUT2D eigenvalue weighted by atomic mass is 32.1. The Bertz CT molecular complexity index is 566. The Hall–Kier alpha value is -1.63. The normalized spacial score (nSPS) is 23.0. The van der Waals surface area contributed by atoms with E-state index in [4.69, 9.17) is 5.11 Å². The van der Waals surface area contributed by atoms with Gasteiger partial charge in [-0.2, -0.15) is 0 Å². The van der Waals surface area contributed by atoms with Crippen molar-refractivity contribution in [3.8, 4) is 0 Å². The summed E-state index contributed by atoms with van der Waals surface area (Å²) in [7, 11) is 0. The van der Waals surface area contributed by atoms with Gasteiger partial charge in [-0.15, -0.1) is 11.3 Å². The van der Waals surface area contributed by atoms with E-state index in [0.717, 1.165) is 36.8 Å². The standard InChI is InChI=1S/C15H21N3O3S/c1-10-9-22-15(16-10)17-5-2-11(3-6-17)13(19)18-7-4-12(8-18)14(20)21/h9,11-12H,2-8H2,1H3,(H,20,21)/t12-/m1/s1. The molecule has 120 valence electrons. The third-order valence-corrected chi connectivity index (χ3v) is 5.59. The summed E-state index contributed by atoms with van der Waals surface area (Å²) in [6.07, 6.45) is 2.23. The molecule has 0 saturated carbocycles. The number of thiazole rings is 1. The molecular formula is C15H21N3O3S. The zero-order chi connectivity index (χ0) is 15.7. The Kier molecular flexibility index (Phi) is 4.33. The van der Waals surface area contributed by atoms with Crippen molar-refractivity contribution in [1.82, 2.24) is 9.88 Å². The SMILES string of the molecule is Cc1csc(N2CCC(C(=O)N3CC[C@@H](C(=O)O)C3)CC2)n1. The van der Waals surface area contributed by atoms with E-state index in [1.807, 2.05) is 12.3 Å². The van der Waals surface area contributed by atoms with Crippen molar-refractivity contribution in [1.29, 1.82) is 0 Å². The van der Waals surface area contributed by atoms with Crippen LogP contribution in [0.4, 0.5) is 5.13 Å². The number of likely N-dealkylation sites (tertiary alicyclic amines) is 1. The van der Waals surface area contributed by atoms with Crippen LogP contribution in [0.25, 0.3) is 0 Å². The molecule has 1 N–H and O–H groups in total. The van der Waals surface area contributed by atoms with Crippen LogP contribution in [0.5, 0.6) is 0 Å². The molecule has 3 heterocycles. The van der Waals surface area contributed by atoms with Gasteiger partial charge in [-0.3, -0.25) is 9.59 Å². The predicted octanol–water partition coefficient (Wildman–Crippen LogP) is 1.60. The van der Waals surface area contributed by atoms with E-state index in [-0.39, 0.29) is 17.7 Å². The van der Waals surface area contributed by atoms with E-state index in [1.165, 1.54) is 0 Å². The van der Waals surface area contributed by atoms with Crippen molar-refractivity contribution in [3.63, 3.8) is 0 Å². The van der Waals surface area contributed by atoms with E-state index in [2.05, 4.69) is 9.88 Å². The summed E-state index contributed by atoms with van der Waals surface area (Å²) in [4.78, 5) is 32.0. The number of piperidine rings is 1. The number of carboxylic acids is 1. The topological polar surface area (TPSA) is 73.7 Å². The molecule has 2 saturated heterocycles. The predicted molar refractivity (Wildman–Crippen MR) is 84.1 cm³/mol. The van der Waals surface area contributed by atoms with Crippen LogP contribution in [0.3, 0.4) is 0 Å². The Balaban J connectivity index is 1.53. The van der Waals surface area contributed by atoms with Gasteiger partial charge in [0.25, 0.3) is 0 Å². The van der Waals surface area contributed by atoms with Crippen molar-refractivity contribution < 1.29 is 14.7 Å². The van der Waals surface area contributed by atoms with Crippen molar-refractivity contribution in [3.05, 3.63) is 11.1 Å². The van der Waals surface area contributed by atoms with E-state index >= 15 is 0 Å². The molecule has 0 unspecified atom stereocenters. The summed E-state index contributed by atoms with van der Waals surface area (Å²) in [6, 6.07) is 0. The molecule has 0 aromatic carbocycles. The van der Waals surface area contributed by atoms with E-state index in [9.17, 15) is 9.59 Å². The van der Waals surface area contributed by atoms with Crippen molar-refractivity contribution in [2.24, 2.45) is 11.8 Å². The Morgan fingerprint density at radius 1 is 1.23 bits per heavy atom. The summed E-state index contributed by atoms with van der Waals surface area (Å²) >= 11 is 1.65. The largest absolute Gasteiger partial charge is 0.481 e. The average molecular weight is 323 g/mol. The van der Waals surface area contributed by atoms with E-state index in [0.29, 0.717) is 19.5 Å². The molecule has 2 fully saturated rings. The number of amides is 1. The van der Waals surface area contributed by atoms with Gasteiger partial charge in [-0.05, 0) is 26.2 Å². The zero-order valence-corrected chi connectivity index (χ0v) is 13.5. The van der Waals surface area contributed by atoms with Crippen LogP contribution in [-0.4, -0.2) is 53.0 Å². The molecule has 0 aliphatic carbocycles. The number of carboxylic acid groups (broad SMARTS) is 1. The lowest BCUT2D eigenvalue weighted by Gasteiger charge is -2.33. The number of aryl methyl sites for hydroxylation is 1. The van der Waals surface area contributed by atoms with E-state index < -0.39 is 5.97 Å². The van der Waals surface area contributed by atoms with Crippen LogP contribution in [0.2, 0.25) is 0 Å². The second-order valence-electron chi connectivity index (χ2n) is 6.14. The third-order valence-electron chi connectivity index (χ3n) is 4.57. The maximum absolute atomic E-state index is 12.5. The number of aromatic nitrogens is 1. The number of carbonyl (C=O) groups excluding carboxylic acids is 1. The number of anilines is 1. The summed E-state index contributed by atoms with van der Waals surface area (Å²) in [5.74, 6) is -1.00. The Morgan fingerprint density at radius 3 is 2.45 bits per heavy atom. The zero-order valence-electron chi connectivity index (χ0n) is 12.7. The fourth-order valence-electron chi connectivity index (χ4n) is 3.22. The monoisotopic (exact) mass is 323 g/mol. The maximum Gasteiger partial charge on any atom is 0.308 e. The first kappa shape index (κ1) is 15.3. The average Bonchev–Trinajstić information content (AvgIpc) is 3.16. The van der Waals surface area contributed by atoms with Crippen LogP contribution in [0, 0.1) is 18.8 Å². The van der Waals surface area contributed by atoms with Crippen molar-refractivity contribution in [2.45, 2.75) is 26.2 Å². The number of aliphatic carboxylic acids is 1. The molecule has 1 aromatic rings. The molecule has 2 aliphatic heterocycles. The molecule has 0 radical (unpaired) electrons. The van der Waals surface area contributed by atoms with Crippen LogP contribution < -0.4 is 4.90 Å². The minimum Gasteiger partial charge on any atom is -0.481 e. The second-order valence-corrected chi connectivity index (χ2v) is 6.98.